The van der Waals surface area contributed by atoms with E-state index in [0.29, 0.717) is 12.8 Å². The molecule has 0 aliphatic rings. The zero-order chi connectivity index (χ0) is 11.9. The van der Waals surface area contributed by atoms with Crippen molar-refractivity contribution in [3.63, 3.8) is 0 Å². The largest absolute Gasteiger partial charge is 0.396 e. The van der Waals surface area contributed by atoms with Crippen LogP contribution in [0.1, 0.15) is 46.5 Å². The smallest absolute Gasteiger partial charge is 0.221 e. The van der Waals surface area contributed by atoms with Crippen LogP contribution in [0.15, 0.2) is 0 Å². The number of aliphatic hydroxyl groups excluding tert-OH is 1. The molecule has 15 heavy (non-hydrogen) atoms. The van der Waals surface area contributed by atoms with E-state index in [2.05, 4.69) is 5.32 Å². The van der Waals surface area contributed by atoms with Crippen LogP contribution >= 0.6 is 0 Å². The summed E-state index contributed by atoms with van der Waals surface area (Å²) in [6.45, 7) is 5.92. The van der Waals surface area contributed by atoms with Crippen LogP contribution in [0, 0.1) is 0 Å². The number of nitrogens with two attached hydrogens (primary N) is 1. The van der Waals surface area contributed by atoms with Gasteiger partial charge in [-0.3, -0.25) is 4.79 Å². The Hall–Kier alpha value is -0.610. The summed E-state index contributed by atoms with van der Waals surface area (Å²) in [6.07, 6.45) is 2.78. The van der Waals surface area contributed by atoms with E-state index in [1.165, 1.54) is 0 Å². The van der Waals surface area contributed by atoms with Crippen LogP contribution in [0.2, 0.25) is 0 Å². The molecule has 0 radical (unpaired) electrons. The van der Waals surface area contributed by atoms with Gasteiger partial charge in [0.25, 0.3) is 0 Å². The molecule has 0 aromatic heterocycles. The Bertz CT molecular complexity index is 193. The normalized spacial score (nSPS) is 13.7. The van der Waals surface area contributed by atoms with E-state index in [-0.39, 0.29) is 24.1 Å². The first-order valence-corrected chi connectivity index (χ1v) is 5.58. The Labute approximate surface area is 92.2 Å². The first-order valence-electron chi connectivity index (χ1n) is 5.58. The summed E-state index contributed by atoms with van der Waals surface area (Å²) in [6, 6.07) is -0.0556. The molecule has 1 unspecified atom stereocenters. The van der Waals surface area contributed by atoms with Gasteiger partial charge in [-0.05, 0) is 26.7 Å². The molecule has 0 aromatic carbocycles. The van der Waals surface area contributed by atoms with E-state index in [9.17, 15) is 4.79 Å². The third-order valence-electron chi connectivity index (χ3n) is 2.32. The zero-order valence-electron chi connectivity index (χ0n) is 10.0. The molecule has 0 spiro atoms. The minimum absolute atomic E-state index is 0.0330. The Morgan fingerprint density at radius 3 is 2.60 bits per heavy atom. The summed E-state index contributed by atoms with van der Waals surface area (Å²) in [7, 11) is 0. The van der Waals surface area contributed by atoms with Crippen LogP contribution in [0.4, 0.5) is 0 Å². The molecule has 0 aliphatic heterocycles. The number of amides is 1. The third kappa shape index (κ3) is 7.33. The van der Waals surface area contributed by atoms with Crippen LogP contribution in [0.25, 0.3) is 0 Å². The molecule has 4 heteroatoms. The number of carbonyl (C=O) groups is 1. The van der Waals surface area contributed by atoms with E-state index in [1.54, 1.807) is 0 Å². The fourth-order valence-corrected chi connectivity index (χ4v) is 1.48. The fraction of sp³-hybridized carbons (Fsp3) is 0.909. The van der Waals surface area contributed by atoms with Crippen LogP contribution in [-0.2, 0) is 4.79 Å². The molecule has 0 rings (SSSR count). The maximum Gasteiger partial charge on any atom is 0.221 e. The van der Waals surface area contributed by atoms with Crippen LogP contribution in [-0.4, -0.2) is 29.2 Å². The van der Waals surface area contributed by atoms with Gasteiger partial charge in [-0.25, -0.2) is 0 Å². The lowest BCUT2D eigenvalue weighted by Crippen LogP contribution is -2.45. The van der Waals surface area contributed by atoms with Crippen molar-refractivity contribution >= 4 is 5.91 Å². The van der Waals surface area contributed by atoms with Crippen LogP contribution < -0.4 is 11.1 Å². The summed E-state index contributed by atoms with van der Waals surface area (Å²) in [5.74, 6) is -0.0330. The molecule has 1 amide bonds. The minimum Gasteiger partial charge on any atom is -0.396 e. The van der Waals surface area contributed by atoms with Gasteiger partial charge in [0.05, 0.1) is 0 Å². The van der Waals surface area contributed by atoms with Gasteiger partial charge in [0, 0.05) is 24.6 Å². The molecule has 0 bridgehead atoms. The minimum atomic E-state index is -0.349. The highest BCUT2D eigenvalue weighted by molar-refractivity contribution is 5.77. The Balaban J connectivity index is 3.91. The summed E-state index contributed by atoms with van der Waals surface area (Å²) in [4.78, 5) is 11.5. The first-order chi connectivity index (χ1) is 6.91. The summed E-state index contributed by atoms with van der Waals surface area (Å²) < 4.78 is 0. The zero-order valence-corrected chi connectivity index (χ0v) is 10.0. The highest BCUT2D eigenvalue weighted by Gasteiger charge is 2.20. The molecule has 4 nitrogen and oxygen atoms in total. The molecular formula is C11H24N2O2. The van der Waals surface area contributed by atoms with Crippen molar-refractivity contribution in [2.24, 2.45) is 5.73 Å². The molecular weight excluding hydrogens is 192 g/mol. The SMILES string of the molecule is CCCC(N)CC(=O)NC(C)(C)CCO. The Kier molecular flexibility index (Phi) is 6.52. The lowest BCUT2D eigenvalue weighted by Gasteiger charge is -2.26. The highest BCUT2D eigenvalue weighted by Crippen LogP contribution is 2.08. The molecule has 0 aliphatic carbocycles. The second-order valence-corrected chi connectivity index (χ2v) is 4.66. The predicted octanol–water partition coefficient (Wildman–Crippen LogP) is 0.781. The van der Waals surface area contributed by atoms with Gasteiger partial charge in [0.1, 0.15) is 0 Å². The van der Waals surface area contributed by atoms with Crippen molar-refractivity contribution in [1.82, 2.24) is 5.32 Å². The average molecular weight is 216 g/mol. The van der Waals surface area contributed by atoms with Crippen LogP contribution in [0.5, 0.6) is 0 Å². The second kappa shape index (κ2) is 6.80. The van der Waals surface area contributed by atoms with Gasteiger partial charge in [-0.15, -0.1) is 0 Å². The van der Waals surface area contributed by atoms with Gasteiger partial charge in [-0.2, -0.15) is 0 Å². The average Bonchev–Trinajstić information content (AvgIpc) is 2.01. The van der Waals surface area contributed by atoms with Gasteiger partial charge in [0.2, 0.25) is 5.91 Å². The van der Waals surface area contributed by atoms with E-state index < -0.39 is 0 Å². The van der Waals surface area contributed by atoms with Crippen molar-refractivity contribution in [1.29, 1.82) is 0 Å². The van der Waals surface area contributed by atoms with Crippen molar-refractivity contribution in [3.8, 4) is 0 Å². The lowest BCUT2D eigenvalue weighted by atomic mass is 10.0. The van der Waals surface area contributed by atoms with Gasteiger partial charge >= 0.3 is 0 Å². The van der Waals surface area contributed by atoms with Crippen molar-refractivity contribution < 1.29 is 9.90 Å². The van der Waals surface area contributed by atoms with E-state index in [0.717, 1.165) is 12.8 Å². The molecule has 0 saturated heterocycles. The molecule has 0 heterocycles. The quantitative estimate of drug-likeness (QED) is 0.588. The first kappa shape index (κ1) is 14.4. The molecule has 0 fully saturated rings. The van der Waals surface area contributed by atoms with Crippen LogP contribution in [0.3, 0.4) is 0 Å². The molecule has 1 atom stereocenters. The van der Waals surface area contributed by atoms with Gasteiger partial charge < -0.3 is 16.2 Å². The number of nitrogens with one attached hydrogen (secondary N) is 1. The van der Waals surface area contributed by atoms with E-state index >= 15 is 0 Å². The predicted molar refractivity (Wildman–Crippen MR) is 61.4 cm³/mol. The maximum absolute atomic E-state index is 11.5. The van der Waals surface area contributed by atoms with Gasteiger partial charge in [-0.1, -0.05) is 13.3 Å². The number of hydrogen-bond acceptors (Lipinski definition) is 3. The number of carbonyl (C=O) groups excluding carboxylic acids is 1. The van der Waals surface area contributed by atoms with E-state index in [1.807, 2.05) is 20.8 Å². The summed E-state index contributed by atoms with van der Waals surface area (Å²) in [5, 5.41) is 11.7. The highest BCUT2D eigenvalue weighted by atomic mass is 16.3. The van der Waals surface area contributed by atoms with Gasteiger partial charge in [0.15, 0.2) is 0 Å². The summed E-state index contributed by atoms with van der Waals surface area (Å²) in [5.41, 5.74) is 5.42. The third-order valence-corrected chi connectivity index (χ3v) is 2.32. The topological polar surface area (TPSA) is 75.4 Å². The van der Waals surface area contributed by atoms with Crippen molar-refractivity contribution in [2.75, 3.05) is 6.61 Å². The monoisotopic (exact) mass is 216 g/mol. The van der Waals surface area contributed by atoms with Crippen molar-refractivity contribution in [3.05, 3.63) is 0 Å². The maximum atomic E-state index is 11.5. The Morgan fingerprint density at radius 1 is 1.53 bits per heavy atom. The summed E-state index contributed by atoms with van der Waals surface area (Å²) >= 11 is 0. The fourth-order valence-electron chi connectivity index (χ4n) is 1.48. The number of hydrogen-bond donors (Lipinski definition) is 3. The van der Waals surface area contributed by atoms with E-state index in [4.69, 9.17) is 10.8 Å². The molecule has 0 aromatic rings. The lowest BCUT2D eigenvalue weighted by molar-refractivity contribution is -0.123. The van der Waals surface area contributed by atoms with Crippen molar-refractivity contribution in [2.45, 2.75) is 58.0 Å². The molecule has 90 valence electrons. The molecule has 4 N–H and O–H groups in total. The number of rotatable bonds is 7. The second-order valence-electron chi connectivity index (χ2n) is 4.66. The standard InChI is InChI=1S/C11H24N2O2/c1-4-5-9(12)8-10(15)13-11(2,3)6-7-14/h9,14H,4-8,12H2,1-3H3,(H,13,15). The number of aliphatic hydroxyl groups is 1. The molecule has 0 saturated carbocycles. The Morgan fingerprint density at radius 2 is 2.13 bits per heavy atom.